The standard InChI is InChI=1S/C26H26N4O3S3/c1-3-33-25(32)22-18(16-9-5-4-6-10-16)13-35-24(22)27-21(31)15-36-26-29-28-23(30(26)2)19-14-34-20-12-8-7-11-17(19)20/h4-6,9-10,13-14H,3,7-8,11-12,15H2,1-2H3,(H,27,31). The van der Waals surface area contributed by atoms with Gasteiger partial charge < -0.3 is 14.6 Å². The number of nitrogens with zero attached hydrogens (tertiary/aromatic N) is 3. The van der Waals surface area contributed by atoms with Crippen LogP contribution < -0.4 is 5.32 Å². The zero-order valence-corrected chi connectivity index (χ0v) is 22.5. The number of carbonyl (C=O) groups excluding carboxylic acids is 2. The number of aryl methyl sites for hydroxylation is 1. The predicted octanol–water partition coefficient (Wildman–Crippen LogP) is 6.06. The van der Waals surface area contributed by atoms with E-state index in [2.05, 4.69) is 20.9 Å². The van der Waals surface area contributed by atoms with Crippen molar-refractivity contribution in [2.24, 2.45) is 7.05 Å². The molecule has 1 amide bonds. The van der Waals surface area contributed by atoms with Crippen molar-refractivity contribution in [1.82, 2.24) is 14.8 Å². The summed E-state index contributed by atoms with van der Waals surface area (Å²) in [4.78, 5) is 27.1. The van der Waals surface area contributed by atoms with Crippen LogP contribution in [-0.2, 0) is 29.4 Å². The van der Waals surface area contributed by atoms with Crippen LogP contribution in [0, 0.1) is 0 Å². The molecule has 0 aliphatic heterocycles. The molecular formula is C26H26N4O3S3. The number of thioether (sulfide) groups is 1. The summed E-state index contributed by atoms with van der Waals surface area (Å²) >= 11 is 4.45. The summed E-state index contributed by atoms with van der Waals surface area (Å²) in [6.07, 6.45) is 4.68. The first-order valence-corrected chi connectivity index (χ1v) is 14.6. The molecule has 0 saturated heterocycles. The predicted molar refractivity (Wildman–Crippen MR) is 146 cm³/mol. The third-order valence-electron chi connectivity index (χ3n) is 6.08. The minimum absolute atomic E-state index is 0.147. The van der Waals surface area contributed by atoms with E-state index in [0.29, 0.717) is 15.7 Å². The average Bonchev–Trinajstić information content (AvgIpc) is 3.60. The number of esters is 1. The molecule has 3 aromatic heterocycles. The van der Waals surface area contributed by atoms with Gasteiger partial charge in [0.1, 0.15) is 10.6 Å². The van der Waals surface area contributed by atoms with Gasteiger partial charge in [0.25, 0.3) is 0 Å². The number of fused-ring (bicyclic) bond motifs is 1. The summed E-state index contributed by atoms with van der Waals surface area (Å²) < 4.78 is 7.24. The van der Waals surface area contributed by atoms with E-state index >= 15 is 0 Å². The minimum Gasteiger partial charge on any atom is -0.462 e. The summed E-state index contributed by atoms with van der Waals surface area (Å²) in [5, 5.41) is 16.9. The molecule has 36 heavy (non-hydrogen) atoms. The van der Waals surface area contributed by atoms with E-state index in [0.717, 1.165) is 35.4 Å². The summed E-state index contributed by atoms with van der Waals surface area (Å²) in [5.74, 6) is 0.323. The van der Waals surface area contributed by atoms with Gasteiger partial charge in [-0.1, -0.05) is 42.1 Å². The van der Waals surface area contributed by atoms with Crippen LogP contribution in [0.5, 0.6) is 0 Å². The molecule has 1 aliphatic carbocycles. The summed E-state index contributed by atoms with van der Waals surface area (Å²) in [7, 11) is 1.94. The molecule has 3 heterocycles. The van der Waals surface area contributed by atoms with Gasteiger partial charge in [-0.3, -0.25) is 4.79 Å². The number of amides is 1. The number of rotatable bonds is 8. The zero-order chi connectivity index (χ0) is 25.1. The largest absolute Gasteiger partial charge is 0.462 e. The number of nitrogens with one attached hydrogen (secondary N) is 1. The molecule has 0 unspecified atom stereocenters. The Morgan fingerprint density at radius 1 is 1.08 bits per heavy atom. The molecule has 1 N–H and O–H groups in total. The van der Waals surface area contributed by atoms with Crippen LogP contribution in [0.4, 0.5) is 5.00 Å². The fourth-order valence-electron chi connectivity index (χ4n) is 4.34. The van der Waals surface area contributed by atoms with Crippen LogP contribution in [0.3, 0.4) is 0 Å². The molecule has 0 atom stereocenters. The Kier molecular flexibility index (Phi) is 7.54. The number of aromatic nitrogens is 3. The second-order valence-corrected chi connectivity index (χ2v) is 11.2. The summed E-state index contributed by atoms with van der Waals surface area (Å²) in [6, 6.07) is 9.62. The van der Waals surface area contributed by atoms with Crippen molar-refractivity contribution in [2.75, 3.05) is 17.7 Å². The lowest BCUT2D eigenvalue weighted by Gasteiger charge is -2.12. The SMILES string of the molecule is CCOC(=O)c1c(-c2ccccc2)csc1NC(=O)CSc1nnc(-c2csc3c2CCCC3)n1C. The van der Waals surface area contributed by atoms with E-state index in [1.807, 2.05) is 47.3 Å². The molecule has 7 nitrogen and oxygen atoms in total. The van der Waals surface area contributed by atoms with Crippen molar-refractivity contribution >= 4 is 51.3 Å². The first kappa shape index (κ1) is 24.7. The van der Waals surface area contributed by atoms with Crippen LogP contribution >= 0.6 is 34.4 Å². The molecular weight excluding hydrogens is 513 g/mol. The topological polar surface area (TPSA) is 86.1 Å². The Labute approximate surface area is 221 Å². The molecule has 0 spiro atoms. The van der Waals surface area contributed by atoms with Crippen molar-refractivity contribution in [1.29, 1.82) is 0 Å². The Morgan fingerprint density at radius 3 is 2.67 bits per heavy atom. The molecule has 0 fully saturated rings. The number of carbonyl (C=O) groups is 2. The zero-order valence-electron chi connectivity index (χ0n) is 20.1. The number of ether oxygens (including phenoxy) is 1. The maximum absolute atomic E-state index is 12.9. The highest BCUT2D eigenvalue weighted by molar-refractivity contribution is 7.99. The van der Waals surface area contributed by atoms with Crippen molar-refractivity contribution in [2.45, 2.75) is 37.8 Å². The van der Waals surface area contributed by atoms with Gasteiger partial charge >= 0.3 is 5.97 Å². The summed E-state index contributed by atoms with van der Waals surface area (Å²) in [6.45, 7) is 2.02. The van der Waals surface area contributed by atoms with Gasteiger partial charge in [-0.25, -0.2) is 4.79 Å². The van der Waals surface area contributed by atoms with E-state index < -0.39 is 5.97 Å². The Morgan fingerprint density at radius 2 is 1.86 bits per heavy atom. The molecule has 1 aliphatic rings. The minimum atomic E-state index is -0.447. The molecule has 0 saturated carbocycles. The van der Waals surface area contributed by atoms with Crippen LogP contribution in [0.25, 0.3) is 22.5 Å². The highest BCUT2D eigenvalue weighted by Gasteiger charge is 2.24. The first-order chi connectivity index (χ1) is 17.6. The number of hydrogen-bond acceptors (Lipinski definition) is 8. The molecule has 4 aromatic rings. The van der Waals surface area contributed by atoms with Gasteiger partial charge in [-0.2, -0.15) is 0 Å². The monoisotopic (exact) mass is 538 g/mol. The lowest BCUT2D eigenvalue weighted by molar-refractivity contribution is -0.113. The molecule has 0 bridgehead atoms. The highest BCUT2D eigenvalue weighted by atomic mass is 32.2. The smallest absolute Gasteiger partial charge is 0.341 e. The molecule has 186 valence electrons. The van der Waals surface area contributed by atoms with Gasteiger partial charge in [0, 0.05) is 33.8 Å². The van der Waals surface area contributed by atoms with E-state index in [9.17, 15) is 9.59 Å². The lowest BCUT2D eigenvalue weighted by atomic mass is 9.96. The number of thiophene rings is 2. The maximum atomic E-state index is 12.9. The summed E-state index contributed by atoms with van der Waals surface area (Å²) in [5.41, 5.74) is 4.59. The third-order valence-corrected chi connectivity index (χ3v) is 9.08. The normalized spacial score (nSPS) is 12.8. The van der Waals surface area contributed by atoms with Gasteiger partial charge in [-0.15, -0.1) is 32.9 Å². The van der Waals surface area contributed by atoms with Crippen LogP contribution in [0.15, 0.2) is 46.2 Å². The number of benzene rings is 1. The fraction of sp³-hybridized carbons (Fsp3) is 0.308. The van der Waals surface area contributed by atoms with E-state index in [-0.39, 0.29) is 18.3 Å². The van der Waals surface area contributed by atoms with E-state index in [1.165, 1.54) is 46.4 Å². The number of hydrogen-bond donors (Lipinski definition) is 1. The van der Waals surface area contributed by atoms with Crippen LogP contribution in [-0.4, -0.2) is 39.0 Å². The average molecular weight is 539 g/mol. The van der Waals surface area contributed by atoms with Gasteiger partial charge in [0.05, 0.1) is 12.4 Å². The molecule has 10 heteroatoms. The second-order valence-electron chi connectivity index (χ2n) is 8.40. The van der Waals surface area contributed by atoms with Crippen molar-refractivity contribution in [3.05, 3.63) is 57.1 Å². The molecule has 0 radical (unpaired) electrons. The third kappa shape index (κ3) is 4.98. The van der Waals surface area contributed by atoms with Crippen molar-refractivity contribution in [3.63, 3.8) is 0 Å². The van der Waals surface area contributed by atoms with Crippen LogP contribution in [0.2, 0.25) is 0 Å². The van der Waals surface area contributed by atoms with Gasteiger partial charge in [-0.05, 0) is 43.7 Å². The molecule has 5 rings (SSSR count). The fourth-order valence-corrected chi connectivity index (χ4v) is 7.14. The van der Waals surface area contributed by atoms with Crippen LogP contribution in [0.1, 0.15) is 40.6 Å². The van der Waals surface area contributed by atoms with Gasteiger partial charge in [0.2, 0.25) is 5.91 Å². The first-order valence-electron chi connectivity index (χ1n) is 11.8. The van der Waals surface area contributed by atoms with E-state index in [1.54, 1.807) is 18.3 Å². The quantitative estimate of drug-likeness (QED) is 0.217. The second kappa shape index (κ2) is 11.0. The van der Waals surface area contributed by atoms with E-state index in [4.69, 9.17) is 4.74 Å². The lowest BCUT2D eigenvalue weighted by Crippen LogP contribution is -2.16. The molecule has 1 aromatic carbocycles. The Bertz CT molecular complexity index is 1390. The van der Waals surface area contributed by atoms with Gasteiger partial charge in [0.15, 0.2) is 11.0 Å². The van der Waals surface area contributed by atoms with Crippen molar-refractivity contribution < 1.29 is 14.3 Å². The Hall–Kier alpha value is -2.95. The highest BCUT2D eigenvalue weighted by Crippen LogP contribution is 2.38. The number of anilines is 1. The Balaban J connectivity index is 1.30. The van der Waals surface area contributed by atoms with Crippen molar-refractivity contribution in [3.8, 4) is 22.5 Å². The maximum Gasteiger partial charge on any atom is 0.341 e.